The Kier molecular flexibility index (Phi) is 11.4. The Bertz CT molecular complexity index is 1070. The molecule has 0 radical (unpaired) electrons. The van der Waals surface area contributed by atoms with Crippen LogP contribution in [0.4, 0.5) is 0 Å². The van der Waals surface area contributed by atoms with Gasteiger partial charge in [-0.3, -0.25) is 9.79 Å². The topological polar surface area (TPSA) is 109 Å². The molecular weight excluding hydrogens is 506 g/mol. The normalized spacial score (nSPS) is 21.6. The van der Waals surface area contributed by atoms with E-state index in [1.807, 2.05) is 13.8 Å². The van der Waals surface area contributed by atoms with Crippen molar-refractivity contribution in [1.82, 2.24) is 15.1 Å². The van der Waals surface area contributed by atoms with Gasteiger partial charge in [0.2, 0.25) is 5.91 Å². The third kappa shape index (κ3) is 8.71. The van der Waals surface area contributed by atoms with E-state index in [9.17, 15) is 9.59 Å². The standard InChI is InChI=1S/C27H41N5O5S/c1-6-9-22(23-17-21(35-15-7-2)18-24(33)37-23)28-26(34)27(4)19-38-25(29-27)20(3)30-36-16-8-10-32-13-11-31(5)12-14-32/h7,17-18,22H,2,6,8-16,19H2,1,3-5H3,(H,28,34)/b30-20+/t22-,27+/m1/s1. The number of amides is 1. The highest BCUT2D eigenvalue weighted by atomic mass is 32.2. The number of hydrogen-bond acceptors (Lipinski definition) is 10. The summed E-state index contributed by atoms with van der Waals surface area (Å²) in [4.78, 5) is 40.5. The van der Waals surface area contributed by atoms with Crippen LogP contribution in [0, 0.1) is 0 Å². The minimum Gasteiger partial charge on any atom is -0.489 e. The summed E-state index contributed by atoms with van der Waals surface area (Å²) < 4.78 is 10.9. The summed E-state index contributed by atoms with van der Waals surface area (Å²) in [5.41, 5.74) is -0.842. The Balaban J connectivity index is 1.56. The third-order valence-corrected chi connectivity index (χ3v) is 7.87. The zero-order valence-electron chi connectivity index (χ0n) is 23.0. The van der Waals surface area contributed by atoms with Gasteiger partial charge in [0, 0.05) is 44.5 Å². The number of thioether (sulfide) groups is 1. The minimum absolute atomic E-state index is 0.237. The first-order valence-corrected chi connectivity index (χ1v) is 14.2. The molecule has 2 atom stereocenters. The zero-order valence-corrected chi connectivity index (χ0v) is 23.8. The van der Waals surface area contributed by atoms with Crippen LogP contribution in [0.25, 0.3) is 0 Å². The number of aliphatic imine (C=N–C) groups is 1. The Morgan fingerprint density at radius 3 is 2.84 bits per heavy atom. The highest BCUT2D eigenvalue weighted by molar-refractivity contribution is 8.16. The number of carbonyl (C=O) groups excluding carboxylic acids is 1. The van der Waals surface area contributed by atoms with Crippen LogP contribution < -0.4 is 15.7 Å². The van der Waals surface area contributed by atoms with Gasteiger partial charge in [0.05, 0.1) is 12.1 Å². The largest absolute Gasteiger partial charge is 0.489 e. The average Bonchev–Trinajstić information content (AvgIpc) is 3.31. The van der Waals surface area contributed by atoms with Gasteiger partial charge in [0.25, 0.3) is 0 Å². The summed E-state index contributed by atoms with van der Waals surface area (Å²) >= 11 is 1.49. The van der Waals surface area contributed by atoms with E-state index in [0.717, 1.165) is 45.6 Å². The van der Waals surface area contributed by atoms with Crippen LogP contribution in [0.15, 0.2) is 44.1 Å². The van der Waals surface area contributed by atoms with E-state index in [4.69, 9.17) is 19.0 Å². The summed E-state index contributed by atoms with van der Waals surface area (Å²) in [6.45, 7) is 15.5. The maximum Gasteiger partial charge on any atom is 0.339 e. The van der Waals surface area contributed by atoms with Gasteiger partial charge >= 0.3 is 5.63 Å². The molecule has 1 saturated heterocycles. The van der Waals surface area contributed by atoms with Crippen molar-refractivity contribution >= 4 is 28.4 Å². The molecule has 11 heteroatoms. The lowest BCUT2D eigenvalue weighted by molar-refractivity contribution is -0.125. The lowest BCUT2D eigenvalue weighted by Gasteiger charge is -2.32. The third-order valence-electron chi connectivity index (χ3n) is 6.50. The molecule has 1 aromatic rings. The van der Waals surface area contributed by atoms with Crippen molar-refractivity contribution < 1.29 is 18.8 Å². The monoisotopic (exact) mass is 547 g/mol. The number of hydrogen-bond donors (Lipinski definition) is 1. The highest BCUT2D eigenvalue weighted by Crippen LogP contribution is 2.30. The Morgan fingerprint density at radius 1 is 1.37 bits per heavy atom. The number of rotatable bonds is 14. The number of ether oxygens (including phenoxy) is 1. The lowest BCUT2D eigenvalue weighted by atomic mass is 10.0. The molecule has 3 heterocycles. The van der Waals surface area contributed by atoms with Gasteiger partial charge in [0.15, 0.2) is 0 Å². The molecule has 38 heavy (non-hydrogen) atoms. The van der Waals surface area contributed by atoms with E-state index in [1.54, 1.807) is 19.1 Å². The van der Waals surface area contributed by atoms with Crippen LogP contribution in [0.5, 0.6) is 5.75 Å². The van der Waals surface area contributed by atoms with E-state index in [2.05, 4.69) is 33.9 Å². The molecule has 10 nitrogen and oxygen atoms in total. The van der Waals surface area contributed by atoms with Crippen molar-refractivity contribution in [2.24, 2.45) is 10.1 Å². The van der Waals surface area contributed by atoms with E-state index in [-0.39, 0.29) is 12.5 Å². The first-order chi connectivity index (χ1) is 18.2. The van der Waals surface area contributed by atoms with Crippen LogP contribution in [-0.4, -0.2) is 90.7 Å². The minimum atomic E-state index is -0.971. The summed E-state index contributed by atoms with van der Waals surface area (Å²) in [7, 11) is 2.15. The number of nitrogens with one attached hydrogen (secondary N) is 1. The lowest BCUT2D eigenvalue weighted by Crippen LogP contribution is -2.45. The van der Waals surface area contributed by atoms with Crippen LogP contribution >= 0.6 is 11.8 Å². The molecule has 0 bridgehead atoms. The van der Waals surface area contributed by atoms with Gasteiger partial charge < -0.3 is 29.1 Å². The molecule has 0 spiro atoms. The first kappa shape index (κ1) is 29.9. The second kappa shape index (κ2) is 14.5. The Morgan fingerprint density at radius 2 is 2.13 bits per heavy atom. The van der Waals surface area contributed by atoms with Crippen molar-refractivity contribution in [3.8, 4) is 5.75 Å². The fourth-order valence-corrected chi connectivity index (χ4v) is 5.30. The van der Waals surface area contributed by atoms with Crippen molar-refractivity contribution in [1.29, 1.82) is 0 Å². The van der Waals surface area contributed by atoms with Crippen LogP contribution in [0.2, 0.25) is 0 Å². The van der Waals surface area contributed by atoms with E-state index >= 15 is 0 Å². The maximum absolute atomic E-state index is 13.3. The van der Waals surface area contributed by atoms with Gasteiger partial charge in [-0.05, 0) is 33.7 Å². The number of likely N-dealkylation sites (N-methyl/N-ethyl adjacent to an activating group) is 1. The second-order valence-corrected chi connectivity index (χ2v) is 10.9. The molecule has 1 amide bonds. The summed E-state index contributed by atoms with van der Waals surface area (Å²) in [5, 5.41) is 7.97. The smallest absolute Gasteiger partial charge is 0.339 e. The van der Waals surface area contributed by atoms with Crippen LogP contribution in [0.1, 0.15) is 51.8 Å². The number of piperazine rings is 1. The van der Waals surface area contributed by atoms with Crippen LogP contribution in [-0.2, 0) is 9.63 Å². The quantitative estimate of drug-likeness (QED) is 0.164. The number of oxime groups is 1. The van der Waals surface area contributed by atoms with Crippen molar-refractivity contribution in [2.45, 2.75) is 51.6 Å². The highest BCUT2D eigenvalue weighted by Gasteiger charge is 2.40. The van der Waals surface area contributed by atoms with Gasteiger partial charge in [-0.2, -0.15) is 0 Å². The SMILES string of the molecule is C=CCOc1cc([C@@H](CCC)NC(=O)[C@]2(C)CSC(/C(C)=N/OCCCN3CCN(C)CC3)=N2)oc(=O)c1. The predicted octanol–water partition coefficient (Wildman–Crippen LogP) is 3.10. The molecule has 0 unspecified atom stereocenters. The molecule has 0 aliphatic carbocycles. The summed E-state index contributed by atoms with van der Waals surface area (Å²) in [5.74, 6) is 0.979. The molecule has 1 N–H and O–H groups in total. The van der Waals surface area contributed by atoms with E-state index in [1.165, 1.54) is 17.8 Å². The van der Waals surface area contributed by atoms with E-state index < -0.39 is 17.2 Å². The fraction of sp³-hybridized carbons (Fsp3) is 0.630. The van der Waals surface area contributed by atoms with E-state index in [0.29, 0.717) is 41.0 Å². The average molecular weight is 548 g/mol. The van der Waals surface area contributed by atoms with Crippen molar-refractivity contribution in [3.05, 3.63) is 41.0 Å². The molecule has 210 valence electrons. The zero-order chi connectivity index (χ0) is 27.5. The number of nitrogens with zero attached hydrogens (tertiary/aromatic N) is 4. The molecule has 3 rings (SSSR count). The molecule has 2 aliphatic heterocycles. The maximum atomic E-state index is 13.3. The van der Waals surface area contributed by atoms with Crippen LogP contribution in [0.3, 0.4) is 0 Å². The molecule has 0 aromatic carbocycles. The Labute approximate surface area is 229 Å². The molecular formula is C27H41N5O5S. The van der Waals surface area contributed by atoms with Gasteiger partial charge in [0.1, 0.15) is 41.0 Å². The van der Waals surface area contributed by atoms with Gasteiger partial charge in [-0.15, -0.1) is 11.8 Å². The molecule has 2 aliphatic rings. The Hall–Kier alpha value is -2.63. The summed E-state index contributed by atoms with van der Waals surface area (Å²) in [6, 6.07) is 2.44. The second-order valence-electron chi connectivity index (χ2n) is 9.92. The van der Waals surface area contributed by atoms with Gasteiger partial charge in [-0.1, -0.05) is 31.2 Å². The molecule has 1 aromatic heterocycles. The predicted molar refractivity (Wildman–Crippen MR) is 152 cm³/mol. The number of carbonyl (C=O) groups is 1. The molecule has 1 fully saturated rings. The first-order valence-electron chi connectivity index (χ1n) is 13.2. The van der Waals surface area contributed by atoms with Crippen molar-refractivity contribution in [3.63, 3.8) is 0 Å². The summed E-state index contributed by atoms with van der Waals surface area (Å²) in [6.07, 6.45) is 3.89. The fourth-order valence-electron chi connectivity index (χ4n) is 4.18. The molecule has 0 saturated carbocycles. The van der Waals surface area contributed by atoms with Gasteiger partial charge in [-0.25, -0.2) is 4.79 Å². The van der Waals surface area contributed by atoms with Crippen molar-refractivity contribution in [2.75, 3.05) is 58.7 Å².